The number of fused-ring (bicyclic) bond motifs is 3. The van der Waals surface area contributed by atoms with E-state index in [0.717, 1.165) is 56.4 Å². The number of nitrogens with one attached hydrogen (secondary N) is 1. The minimum absolute atomic E-state index is 0.178. The second-order valence-electron chi connectivity index (χ2n) is 12.1. The summed E-state index contributed by atoms with van der Waals surface area (Å²) in [6.07, 6.45) is 8.81. The molecule has 1 fully saturated rings. The summed E-state index contributed by atoms with van der Waals surface area (Å²) in [6, 6.07) is 11.1. The molecule has 1 unspecified atom stereocenters. The molecule has 1 amide bonds. The number of hydrogen-bond acceptors (Lipinski definition) is 6. The van der Waals surface area contributed by atoms with Gasteiger partial charge in [0.15, 0.2) is 0 Å². The lowest BCUT2D eigenvalue weighted by Gasteiger charge is -2.43. The van der Waals surface area contributed by atoms with Crippen LogP contribution < -0.4 is 14.4 Å². The summed E-state index contributed by atoms with van der Waals surface area (Å²) in [5.41, 5.74) is 3.30. The van der Waals surface area contributed by atoms with Crippen LogP contribution in [-0.2, 0) is 23.1 Å². The number of amides is 1. The number of sulfonamides is 1. The summed E-state index contributed by atoms with van der Waals surface area (Å²) in [6.45, 7) is 5.54. The van der Waals surface area contributed by atoms with Gasteiger partial charge in [0.2, 0.25) is 10.0 Å². The van der Waals surface area contributed by atoms with E-state index >= 15 is 0 Å². The van der Waals surface area contributed by atoms with E-state index in [1.807, 2.05) is 44.2 Å². The Morgan fingerprint density at radius 1 is 1.05 bits per heavy atom. The maximum atomic E-state index is 13.4. The van der Waals surface area contributed by atoms with Crippen molar-refractivity contribution in [1.29, 1.82) is 0 Å². The first-order valence-corrected chi connectivity index (χ1v) is 16.7. The van der Waals surface area contributed by atoms with Crippen molar-refractivity contribution in [1.82, 2.24) is 4.72 Å². The average molecular weight is 601 g/mol. The largest absolute Gasteiger partial charge is 0.487 e. The molecule has 0 saturated heterocycles. The fourth-order valence-electron chi connectivity index (χ4n) is 6.35. The lowest BCUT2D eigenvalue weighted by atomic mass is 9.69. The number of allylic oxidation sites excluding steroid dienone is 1. The Kier molecular flexibility index (Phi) is 9.31. The molecule has 0 spiro atoms. The van der Waals surface area contributed by atoms with Crippen molar-refractivity contribution in [2.45, 2.75) is 76.8 Å². The van der Waals surface area contributed by atoms with Crippen molar-refractivity contribution in [2.24, 2.45) is 17.8 Å². The van der Waals surface area contributed by atoms with Gasteiger partial charge in [-0.25, -0.2) is 13.1 Å². The molecule has 1 saturated carbocycles. The van der Waals surface area contributed by atoms with Crippen molar-refractivity contribution in [3.05, 3.63) is 70.3 Å². The van der Waals surface area contributed by atoms with Crippen molar-refractivity contribution >= 4 is 33.2 Å². The number of ether oxygens (including phenoxy) is 1. The number of hydrogen-bond donors (Lipinski definition) is 2. The highest BCUT2D eigenvalue weighted by Crippen LogP contribution is 2.41. The molecule has 9 heteroatoms. The summed E-state index contributed by atoms with van der Waals surface area (Å²) < 4.78 is 35.3. The molecule has 222 valence electrons. The van der Waals surface area contributed by atoms with Crippen LogP contribution in [0.15, 0.2) is 48.6 Å². The number of halogens is 1. The van der Waals surface area contributed by atoms with Crippen LogP contribution in [0.4, 0.5) is 5.69 Å². The van der Waals surface area contributed by atoms with Crippen molar-refractivity contribution in [3.8, 4) is 5.75 Å². The maximum absolute atomic E-state index is 13.4. The van der Waals surface area contributed by atoms with Crippen LogP contribution in [-0.4, -0.2) is 43.9 Å². The van der Waals surface area contributed by atoms with E-state index in [1.165, 1.54) is 5.56 Å². The monoisotopic (exact) mass is 600 g/mol. The van der Waals surface area contributed by atoms with Crippen LogP contribution in [0.25, 0.3) is 0 Å². The SMILES string of the molecule is CC(C)C1C/C=C\C[C@@H](O)[C@@H]2CC[C@H]2CN2CCCCc3cc(Cl)ccc3COc3ccc(cc32)C(=O)NS1(=O)=O. The lowest BCUT2D eigenvalue weighted by Crippen LogP contribution is -2.44. The number of aliphatic hydroxyl groups is 1. The first kappa shape index (κ1) is 29.9. The van der Waals surface area contributed by atoms with Gasteiger partial charge in [-0.05, 0) is 104 Å². The molecule has 7 nitrogen and oxygen atoms in total. The third-order valence-corrected chi connectivity index (χ3v) is 11.2. The second kappa shape index (κ2) is 12.8. The molecule has 2 N–H and O–H groups in total. The topological polar surface area (TPSA) is 95.9 Å². The van der Waals surface area contributed by atoms with Crippen LogP contribution in [0.2, 0.25) is 5.02 Å². The summed E-state index contributed by atoms with van der Waals surface area (Å²) in [5, 5.41) is 11.0. The Morgan fingerprint density at radius 2 is 1.85 bits per heavy atom. The van der Waals surface area contributed by atoms with Gasteiger partial charge in [0.05, 0.1) is 17.0 Å². The number of anilines is 1. The number of benzene rings is 2. The quantitative estimate of drug-likeness (QED) is 0.397. The predicted molar refractivity (Wildman–Crippen MR) is 163 cm³/mol. The van der Waals surface area contributed by atoms with Gasteiger partial charge in [0.25, 0.3) is 5.91 Å². The molecule has 5 rings (SSSR count). The molecule has 41 heavy (non-hydrogen) atoms. The van der Waals surface area contributed by atoms with Crippen LogP contribution in [0.3, 0.4) is 0 Å². The van der Waals surface area contributed by atoms with Crippen molar-refractivity contribution < 1.29 is 23.1 Å². The molecular weight excluding hydrogens is 560 g/mol. The number of aryl methyl sites for hydroxylation is 1. The van der Waals surface area contributed by atoms with Gasteiger partial charge in [-0.2, -0.15) is 0 Å². The Balaban J connectivity index is 1.54. The lowest BCUT2D eigenvalue weighted by molar-refractivity contribution is 0.0180. The number of nitrogens with zero attached hydrogens (tertiary/aromatic N) is 1. The molecule has 0 radical (unpaired) electrons. The van der Waals surface area contributed by atoms with Crippen LogP contribution >= 0.6 is 11.6 Å². The van der Waals surface area contributed by atoms with Crippen molar-refractivity contribution in [2.75, 3.05) is 18.0 Å². The zero-order chi connectivity index (χ0) is 29.1. The molecule has 1 aliphatic carbocycles. The Hall–Kier alpha value is -2.55. The minimum Gasteiger partial charge on any atom is -0.487 e. The highest BCUT2D eigenvalue weighted by Gasteiger charge is 2.37. The molecule has 4 atom stereocenters. The van der Waals surface area contributed by atoms with Gasteiger partial charge in [0, 0.05) is 23.7 Å². The first-order chi connectivity index (χ1) is 19.6. The molecule has 2 aromatic rings. The number of carbonyl (C=O) groups is 1. The number of carbonyl (C=O) groups excluding carboxylic acids is 1. The van der Waals surface area contributed by atoms with Crippen LogP contribution in [0.5, 0.6) is 5.75 Å². The highest BCUT2D eigenvalue weighted by atomic mass is 35.5. The van der Waals surface area contributed by atoms with Crippen LogP contribution in [0, 0.1) is 17.8 Å². The smallest absolute Gasteiger partial charge is 0.264 e. The molecular formula is C32H41ClN2O5S. The molecule has 2 bridgehead atoms. The van der Waals surface area contributed by atoms with Gasteiger partial charge < -0.3 is 14.7 Å². The second-order valence-corrected chi connectivity index (χ2v) is 14.4. The number of rotatable bonds is 1. The highest BCUT2D eigenvalue weighted by molar-refractivity contribution is 7.90. The first-order valence-electron chi connectivity index (χ1n) is 14.8. The summed E-state index contributed by atoms with van der Waals surface area (Å²) >= 11 is 6.30. The molecule has 2 heterocycles. The van der Waals surface area contributed by atoms with E-state index in [2.05, 4.69) is 9.62 Å². The normalized spacial score (nSPS) is 27.7. The third-order valence-electron chi connectivity index (χ3n) is 8.95. The van der Waals surface area contributed by atoms with E-state index in [-0.39, 0.29) is 23.8 Å². The Labute approximate surface area is 249 Å². The molecule has 0 aromatic heterocycles. The van der Waals surface area contributed by atoms with E-state index < -0.39 is 27.3 Å². The van der Waals surface area contributed by atoms with E-state index in [9.17, 15) is 18.3 Å². The summed E-state index contributed by atoms with van der Waals surface area (Å²) in [5.74, 6) is 0.312. The molecule has 3 aliphatic rings. The van der Waals surface area contributed by atoms with E-state index in [1.54, 1.807) is 18.2 Å². The van der Waals surface area contributed by atoms with Gasteiger partial charge in [0.1, 0.15) is 12.4 Å². The fourth-order valence-corrected chi connectivity index (χ4v) is 8.16. The standard InChI is InChI=1S/C32H41ClN2O5S/c1-21(2)31-9-4-3-8-29(36)27-14-11-24(27)19-35-16-6-5-7-22-17-26(33)13-10-25(22)20-40-30-15-12-23(18-28(30)35)32(37)34-41(31,38)39/h3-4,10,12-13,15,17-18,21,24,27,29,31,36H,5-9,11,14,16,19-20H2,1-2H3,(H,34,37)/b4-3-/t24-,27+,29+,31?/m0/s1. The zero-order valence-electron chi connectivity index (χ0n) is 23.9. The number of aliphatic hydroxyl groups excluding tert-OH is 1. The predicted octanol–water partition coefficient (Wildman–Crippen LogP) is 5.88. The van der Waals surface area contributed by atoms with Crippen LogP contribution in [0.1, 0.15) is 73.9 Å². The summed E-state index contributed by atoms with van der Waals surface area (Å²) in [4.78, 5) is 15.6. The Morgan fingerprint density at radius 3 is 2.61 bits per heavy atom. The summed E-state index contributed by atoms with van der Waals surface area (Å²) in [7, 11) is -3.94. The van der Waals surface area contributed by atoms with E-state index in [4.69, 9.17) is 16.3 Å². The van der Waals surface area contributed by atoms with Gasteiger partial charge in [-0.15, -0.1) is 0 Å². The van der Waals surface area contributed by atoms with Crippen molar-refractivity contribution in [3.63, 3.8) is 0 Å². The molecule has 2 aliphatic heterocycles. The Bertz CT molecular complexity index is 1390. The third kappa shape index (κ3) is 6.92. The van der Waals surface area contributed by atoms with E-state index in [0.29, 0.717) is 29.7 Å². The minimum atomic E-state index is -3.94. The molecule has 2 aromatic carbocycles. The zero-order valence-corrected chi connectivity index (χ0v) is 25.5. The average Bonchev–Trinajstić information content (AvgIpc) is 2.93. The van der Waals surface area contributed by atoms with Gasteiger partial charge in [-0.3, -0.25) is 4.79 Å². The van der Waals surface area contributed by atoms with Gasteiger partial charge >= 0.3 is 0 Å². The maximum Gasteiger partial charge on any atom is 0.264 e. The fraction of sp³-hybridized carbons (Fsp3) is 0.531. The van der Waals surface area contributed by atoms with Gasteiger partial charge in [-0.1, -0.05) is 43.7 Å².